The zero-order valence-electron chi connectivity index (χ0n) is 12.0. The molecule has 1 N–H and O–H groups in total. The number of ketones is 1. The summed E-state index contributed by atoms with van der Waals surface area (Å²) in [4.78, 5) is 11.6. The summed E-state index contributed by atoms with van der Waals surface area (Å²) in [7, 11) is 0. The van der Waals surface area contributed by atoms with Gasteiger partial charge in [0.2, 0.25) is 0 Å². The molecular weight excluding hydrogens is 332 g/mol. The molecule has 0 aliphatic heterocycles. The Kier molecular flexibility index (Phi) is 4.80. The second kappa shape index (κ2) is 6.41. The minimum Gasteiger partial charge on any atom is -0.489 e. The molecular formula is C17H17BrO3. The molecule has 0 saturated heterocycles. The van der Waals surface area contributed by atoms with Crippen LogP contribution in [-0.2, 0) is 5.60 Å². The molecule has 2 rings (SSSR count). The number of aliphatic hydroxyl groups is 1. The van der Waals surface area contributed by atoms with Crippen molar-refractivity contribution >= 4 is 21.7 Å². The molecule has 0 aliphatic rings. The summed E-state index contributed by atoms with van der Waals surface area (Å²) in [6.07, 6.45) is 0. The Morgan fingerprint density at radius 2 is 1.90 bits per heavy atom. The van der Waals surface area contributed by atoms with E-state index in [0.717, 1.165) is 10.0 Å². The van der Waals surface area contributed by atoms with E-state index in [1.807, 2.05) is 30.3 Å². The lowest BCUT2D eigenvalue weighted by Gasteiger charge is -2.24. The highest BCUT2D eigenvalue weighted by Crippen LogP contribution is 2.27. The smallest absolute Gasteiger partial charge is 0.163 e. The maximum absolute atomic E-state index is 11.6. The SMILES string of the molecule is CC(=O)c1cc(Br)ccc1OCC(C)(O)c1ccccc1. The minimum absolute atomic E-state index is 0.0684. The van der Waals surface area contributed by atoms with E-state index >= 15 is 0 Å². The first-order valence-corrected chi connectivity index (χ1v) is 7.40. The van der Waals surface area contributed by atoms with Crippen LogP contribution in [0.25, 0.3) is 0 Å². The van der Waals surface area contributed by atoms with Crippen molar-refractivity contribution in [3.63, 3.8) is 0 Å². The number of ether oxygens (including phenoxy) is 1. The predicted molar refractivity (Wildman–Crippen MR) is 85.7 cm³/mol. The lowest BCUT2D eigenvalue weighted by Crippen LogP contribution is -2.29. The van der Waals surface area contributed by atoms with Crippen LogP contribution < -0.4 is 4.74 Å². The Morgan fingerprint density at radius 1 is 1.24 bits per heavy atom. The number of Topliss-reactive ketones (excluding diaryl/α,β-unsaturated/α-hetero) is 1. The first-order valence-electron chi connectivity index (χ1n) is 6.61. The van der Waals surface area contributed by atoms with Gasteiger partial charge in [0, 0.05) is 4.47 Å². The Balaban J connectivity index is 2.18. The molecule has 0 aliphatic carbocycles. The highest BCUT2D eigenvalue weighted by molar-refractivity contribution is 9.10. The van der Waals surface area contributed by atoms with Crippen LogP contribution in [0.3, 0.4) is 0 Å². The van der Waals surface area contributed by atoms with Crippen molar-refractivity contribution < 1.29 is 14.6 Å². The maximum atomic E-state index is 11.6. The molecule has 0 heterocycles. The van der Waals surface area contributed by atoms with Crippen molar-refractivity contribution in [2.75, 3.05) is 6.61 Å². The van der Waals surface area contributed by atoms with Crippen LogP contribution in [0.4, 0.5) is 0 Å². The van der Waals surface area contributed by atoms with Crippen LogP contribution in [0.15, 0.2) is 53.0 Å². The van der Waals surface area contributed by atoms with Gasteiger partial charge in [-0.15, -0.1) is 0 Å². The zero-order chi connectivity index (χ0) is 15.5. The van der Waals surface area contributed by atoms with Gasteiger partial charge in [-0.2, -0.15) is 0 Å². The molecule has 4 heteroatoms. The van der Waals surface area contributed by atoms with Gasteiger partial charge in [-0.1, -0.05) is 46.3 Å². The Bertz CT molecular complexity index is 636. The number of carbonyl (C=O) groups excluding carboxylic acids is 1. The fourth-order valence-corrected chi connectivity index (χ4v) is 2.36. The van der Waals surface area contributed by atoms with Crippen LogP contribution in [-0.4, -0.2) is 17.5 Å². The lowest BCUT2D eigenvalue weighted by molar-refractivity contribution is 0.00731. The van der Waals surface area contributed by atoms with Crippen molar-refractivity contribution in [2.24, 2.45) is 0 Å². The molecule has 0 aromatic heterocycles. The predicted octanol–water partition coefficient (Wildman–Crippen LogP) is 3.94. The Morgan fingerprint density at radius 3 is 2.52 bits per heavy atom. The Labute approximate surface area is 132 Å². The standard InChI is InChI=1S/C17H17BrO3/c1-12(19)15-10-14(18)8-9-16(15)21-11-17(2,20)13-6-4-3-5-7-13/h3-10,20H,11H2,1-2H3. The topological polar surface area (TPSA) is 46.5 Å². The second-order valence-corrected chi connectivity index (χ2v) is 6.04. The lowest BCUT2D eigenvalue weighted by atomic mass is 9.97. The molecule has 0 fully saturated rings. The average Bonchev–Trinajstić information content (AvgIpc) is 2.47. The van der Waals surface area contributed by atoms with E-state index in [1.54, 1.807) is 25.1 Å². The van der Waals surface area contributed by atoms with Crippen molar-refractivity contribution in [1.82, 2.24) is 0 Å². The normalized spacial score (nSPS) is 13.5. The third-order valence-electron chi connectivity index (χ3n) is 3.23. The number of hydrogen-bond acceptors (Lipinski definition) is 3. The molecule has 110 valence electrons. The quantitative estimate of drug-likeness (QED) is 0.832. The van der Waals surface area contributed by atoms with Gasteiger partial charge in [-0.3, -0.25) is 4.79 Å². The van der Waals surface area contributed by atoms with E-state index in [0.29, 0.717) is 11.3 Å². The molecule has 2 aromatic rings. The fraction of sp³-hybridized carbons (Fsp3) is 0.235. The number of carbonyl (C=O) groups is 1. The summed E-state index contributed by atoms with van der Waals surface area (Å²) in [6, 6.07) is 14.6. The molecule has 2 aromatic carbocycles. The van der Waals surface area contributed by atoms with E-state index in [4.69, 9.17) is 4.74 Å². The average molecular weight is 349 g/mol. The van der Waals surface area contributed by atoms with Crippen LogP contribution >= 0.6 is 15.9 Å². The van der Waals surface area contributed by atoms with Crippen molar-refractivity contribution in [3.8, 4) is 5.75 Å². The summed E-state index contributed by atoms with van der Waals surface area (Å²) in [5.41, 5.74) is 0.141. The van der Waals surface area contributed by atoms with Gasteiger partial charge in [0.05, 0.1) is 5.56 Å². The van der Waals surface area contributed by atoms with Gasteiger partial charge in [0.15, 0.2) is 5.78 Å². The van der Waals surface area contributed by atoms with Crippen LogP contribution in [0.2, 0.25) is 0 Å². The van der Waals surface area contributed by atoms with E-state index in [-0.39, 0.29) is 12.4 Å². The summed E-state index contributed by atoms with van der Waals surface area (Å²) < 4.78 is 6.50. The Hall–Kier alpha value is -1.65. The van der Waals surface area contributed by atoms with Crippen molar-refractivity contribution in [1.29, 1.82) is 0 Å². The molecule has 0 bridgehead atoms. The first kappa shape index (κ1) is 15.7. The summed E-state index contributed by atoms with van der Waals surface area (Å²) in [6.45, 7) is 3.25. The summed E-state index contributed by atoms with van der Waals surface area (Å²) in [5, 5.41) is 10.5. The van der Waals surface area contributed by atoms with E-state index in [1.165, 1.54) is 6.92 Å². The summed E-state index contributed by atoms with van der Waals surface area (Å²) in [5.74, 6) is 0.396. The zero-order valence-corrected chi connectivity index (χ0v) is 13.6. The van der Waals surface area contributed by atoms with E-state index in [9.17, 15) is 9.90 Å². The fourth-order valence-electron chi connectivity index (χ4n) is 2.00. The third kappa shape index (κ3) is 3.93. The van der Waals surface area contributed by atoms with E-state index < -0.39 is 5.60 Å². The van der Waals surface area contributed by atoms with Crippen molar-refractivity contribution in [2.45, 2.75) is 19.4 Å². The first-order chi connectivity index (χ1) is 9.90. The van der Waals surface area contributed by atoms with Gasteiger partial charge in [-0.05, 0) is 37.6 Å². The largest absolute Gasteiger partial charge is 0.489 e. The summed E-state index contributed by atoms with van der Waals surface area (Å²) >= 11 is 3.33. The highest BCUT2D eigenvalue weighted by Gasteiger charge is 2.24. The minimum atomic E-state index is -1.12. The number of hydrogen-bond donors (Lipinski definition) is 1. The van der Waals surface area contributed by atoms with Crippen LogP contribution in [0.5, 0.6) is 5.75 Å². The van der Waals surface area contributed by atoms with E-state index in [2.05, 4.69) is 15.9 Å². The van der Waals surface area contributed by atoms with Crippen LogP contribution in [0, 0.1) is 0 Å². The molecule has 0 spiro atoms. The molecule has 21 heavy (non-hydrogen) atoms. The van der Waals surface area contributed by atoms with Gasteiger partial charge in [0.25, 0.3) is 0 Å². The molecule has 1 atom stereocenters. The van der Waals surface area contributed by atoms with Gasteiger partial charge in [-0.25, -0.2) is 0 Å². The van der Waals surface area contributed by atoms with Crippen LogP contribution in [0.1, 0.15) is 29.8 Å². The monoisotopic (exact) mass is 348 g/mol. The van der Waals surface area contributed by atoms with Gasteiger partial charge < -0.3 is 9.84 Å². The molecule has 1 unspecified atom stereocenters. The number of rotatable bonds is 5. The highest BCUT2D eigenvalue weighted by atomic mass is 79.9. The molecule has 0 radical (unpaired) electrons. The molecule has 0 amide bonds. The van der Waals surface area contributed by atoms with Gasteiger partial charge in [0.1, 0.15) is 18.0 Å². The maximum Gasteiger partial charge on any atom is 0.163 e. The van der Waals surface area contributed by atoms with Gasteiger partial charge >= 0.3 is 0 Å². The number of benzene rings is 2. The second-order valence-electron chi connectivity index (χ2n) is 5.13. The molecule has 0 saturated carbocycles. The third-order valence-corrected chi connectivity index (χ3v) is 3.72. The van der Waals surface area contributed by atoms with Crippen molar-refractivity contribution in [3.05, 3.63) is 64.1 Å². The number of halogens is 1. The molecule has 3 nitrogen and oxygen atoms in total.